The van der Waals surface area contributed by atoms with E-state index in [0.29, 0.717) is 23.3 Å². The summed E-state index contributed by atoms with van der Waals surface area (Å²) in [6, 6.07) is 23.6. The van der Waals surface area contributed by atoms with Crippen molar-refractivity contribution < 1.29 is 18.7 Å². The van der Waals surface area contributed by atoms with Crippen LogP contribution in [0.5, 0.6) is 11.5 Å². The zero-order chi connectivity index (χ0) is 27.4. The number of hydrogen-bond acceptors (Lipinski definition) is 5. The summed E-state index contributed by atoms with van der Waals surface area (Å²) in [6.45, 7) is 6.98. The first kappa shape index (κ1) is 26.3. The van der Waals surface area contributed by atoms with E-state index in [1.54, 1.807) is 12.1 Å². The monoisotopic (exact) mass is 541 g/mol. The maximum Gasteiger partial charge on any atom is 0.264 e. The molecule has 1 aromatic heterocycles. The standard InChI is InChI=1S/C31H28FN3O3S/c1-4-37-27-13-9-25(10-14-27)33-31-34-30(36)29(39-31)18-23-17-20(2)35(21(23)3)26-11-15-28(16-12-26)38-19-22-5-7-24(32)8-6-22/h5-18H,4,19H2,1-3H3,(H,33,34,36)/b29-18+. The summed E-state index contributed by atoms with van der Waals surface area (Å²) >= 11 is 1.32. The summed E-state index contributed by atoms with van der Waals surface area (Å²) in [4.78, 5) is 17.8. The first-order chi connectivity index (χ1) is 18.9. The van der Waals surface area contributed by atoms with Crippen LogP contribution in [-0.2, 0) is 11.4 Å². The normalized spacial score (nSPS) is 15.1. The van der Waals surface area contributed by atoms with Crippen LogP contribution >= 0.6 is 11.8 Å². The number of carbonyl (C=O) groups excluding carboxylic acids is 1. The van der Waals surface area contributed by atoms with E-state index in [2.05, 4.69) is 20.9 Å². The van der Waals surface area contributed by atoms with Crippen LogP contribution in [0.15, 0.2) is 88.8 Å². The molecule has 198 valence electrons. The predicted octanol–water partition coefficient (Wildman–Crippen LogP) is 7.10. The van der Waals surface area contributed by atoms with E-state index < -0.39 is 0 Å². The highest BCUT2D eigenvalue weighted by molar-refractivity contribution is 8.18. The number of amidine groups is 1. The van der Waals surface area contributed by atoms with Gasteiger partial charge in [-0.15, -0.1) is 0 Å². The zero-order valence-electron chi connectivity index (χ0n) is 21.9. The third-order valence-corrected chi connectivity index (χ3v) is 7.11. The number of ether oxygens (including phenoxy) is 2. The molecule has 0 radical (unpaired) electrons. The van der Waals surface area contributed by atoms with Crippen LogP contribution in [0.2, 0.25) is 0 Å². The van der Waals surface area contributed by atoms with Crippen molar-refractivity contribution in [2.45, 2.75) is 27.4 Å². The number of thioether (sulfide) groups is 1. The molecule has 0 saturated carbocycles. The Morgan fingerprint density at radius 2 is 1.62 bits per heavy atom. The Morgan fingerprint density at radius 1 is 0.949 bits per heavy atom. The number of amides is 1. The molecule has 0 unspecified atom stereocenters. The molecule has 39 heavy (non-hydrogen) atoms. The zero-order valence-corrected chi connectivity index (χ0v) is 22.7. The van der Waals surface area contributed by atoms with E-state index in [1.807, 2.05) is 75.4 Å². The van der Waals surface area contributed by atoms with Crippen LogP contribution in [-0.4, -0.2) is 22.2 Å². The Kier molecular flexibility index (Phi) is 7.84. The number of nitrogens with zero attached hydrogens (tertiary/aromatic N) is 2. The Morgan fingerprint density at radius 3 is 2.31 bits per heavy atom. The molecule has 1 amide bonds. The first-order valence-electron chi connectivity index (χ1n) is 12.6. The lowest BCUT2D eigenvalue weighted by molar-refractivity contribution is -0.115. The van der Waals surface area contributed by atoms with E-state index in [-0.39, 0.29) is 11.7 Å². The number of nitrogens with one attached hydrogen (secondary N) is 1. The number of benzene rings is 3. The van der Waals surface area contributed by atoms with Crippen LogP contribution in [0.25, 0.3) is 11.8 Å². The minimum atomic E-state index is -0.264. The largest absolute Gasteiger partial charge is 0.494 e. The quantitative estimate of drug-likeness (QED) is 0.242. The first-order valence-corrected chi connectivity index (χ1v) is 13.4. The summed E-state index contributed by atoms with van der Waals surface area (Å²) < 4.78 is 26.6. The molecule has 0 bridgehead atoms. The van der Waals surface area contributed by atoms with Crippen LogP contribution < -0.4 is 14.8 Å². The Balaban J connectivity index is 1.29. The van der Waals surface area contributed by atoms with Crippen LogP contribution in [0.4, 0.5) is 10.1 Å². The van der Waals surface area contributed by atoms with Crippen molar-refractivity contribution in [2.75, 3.05) is 6.61 Å². The van der Waals surface area contributed by atoms with Crippen LogP contribution in [0, 0.1) is 19.7 Å². The van der Waals surface area contributed by atoms with E-state index >= 15 is 0 Å². The molecule has 5 rings (SSSR count). The van der Waals surface area contributed by atoms with Gasteiger partial charge in [0.2, 0.25) is 0 Å². The summed E-state index contributed by atoms with van der Waals surface area (Å²) in [5.41, 5.74) is 5.66. The highest BCUT2D eigenvalue weighted by Gasteiger charge is 2.24. The molecule has 0 aliphatic carbocycles. The number of rotatable bonds is 8. The third-order valence-electron chi connectivity index (χ3n) is 6.20. The van der Waals surface area contributed by atoms with Gasteiger partial charge in [-0.3, -0.25) is 4.79 Å². The third kappa shape index (κ3) is 6.23. The number of halogens is 1. The second-order valence-corrected chi connectivity index (χ2v) is 10.0. The van der Waals surface area contributed by atoms with Gasteiger partial charge in [-0.1, -0.05) is 12.1 Å². The lowest BCUT2D eigenvalue weighted by Crippen LogP contribution is -2.19. The number of aliphatic imine (C=N–C) groups is 1. The lowest BCUT2D eigenvalue weighted by atomic mass is 10.2. The fourth-order valence-corrected chi connectivity index (χ4v) is 5.13. The highest BCUT2D eigenvalue weighted by atomic mass is 32.2. The van der Waals surface area contributed by atoms with Crippen molar-refractivity contribution >= 4 is 34.6 Å². The van der Waals surface area contributed by atoms with Crippen molar-refractivity contribution in [1.82, 2.24) is 9.88 Å². The number of aromatic nitrogens is 1. The predicted molar refractivity (Wildman–Crippen MR) is 154 cm³/mol. The van der Waals surface area contributed by atoms with Gasteiger partial charge in [-0.25, -0.2) is 9.38 Å². The molecule has 8 heteroatoms. The van der Waals surface area contributed by atoms with E-state index in [9.17, 15) is 9.18 Å². The van der Waals surface area contributed by atoms with Gasteiger partial charge in [0.05, 0.1) is 17.2 Å². The molecular weight excluding hydrogens is 513 g/mol. The minimum absolute atomic E-state index is 0.169. The minimum Gasteiger partial charge on any atom is -0.494 e. The van der Waals surface area contributed by atoms with Crippen molar-refractivity contribution in [1.29, 1.82) is 0 Å². The van der Waals surface area contributed by atoms with Crippen LogP contribution in [0.1, 0.15) is 29.4 Å². The number of hydrogen-bond donors (Lipinski definition) is 1. The molecule has 1 aliphatic heterocycles. The van der Waals surface area contributed by atoms with Crippen LogP contribution in [0.3, 0.4) is 0 Å². The SMILES string of the molecule is CCOc1ccc(N=C2NC(=O)/C(=C\c3cc(C)n(-c4ccc(OCc5ccc(F)cc5)cc4)c3C)S2)cc1. The summed E-state index contributed by atoms with van der Waals surface area (Å²) in [5.74, 6) is 1.08. The van der Waals surface area contributed by atoms with Gasteiger partial charge in [0.15, 0.2) is 5.17 Å². The van der Waals surface area contributed by atoms with Gasteiger partial charge in [0, 0.05) is 17.1 Å². The smallest absolute Gasteiger partial charge is 0.264 e. The molecule has 6 nitrogen and oxygen atoms in total. The highest BCUT2D eigenvalue weighted by Crippen LogP contribution is 2.31. The Labute approximate surface area is 231 Å². The van der Waals surface area contributed by atoms with E-state index in [4.69, 9.17) is 9.47 Å². The molecule has 1 saturated heterocycles. The molecular formula is C31H28FN3O3S. The van der Waals surface area contributed by atoms with Gasteiger partial charge < -0.3 is 19.4 Å². The van der Waals surface area contributed by atoms with Gasteiger partial charge in [-0.2, -0.15) is 0 Å². The molecule has 1 fully saturated rings. The lowest BCUT2D eigenvalue weighted by Gasteiger charge is -2.11. The second kappa shape index (κ2) is 11.6. The average Bonchev–Trinajstić information content (AvgIpc) is 3.42. The van der Waals surface area contributed by atoms with Gasteiger partial charge >= 0.3 is 0 Å². The van der Waals surface area contributed by atoms with E-state index in [0.717, 1.165) is 45.4 Å². The average molecular weight is 542 g/mol. The fourth-order valence-electron chi connectivity index (χ4n) is 4.29. The van der Waals surface area contributed by atoms with Crippen molar-refractivity contribution in [3.63, 3.8) is 0 Å². The van der Waals surface area contributed by atoms with Gasteiger partial charge in [0.25, 0.3) is 5.91 Å². The maximum absolute atomic E-state index is 13.1. The molecule has 0 spiro atoms. The van der Waals surface area contributed by atoms with Gasteiger partial charge in [0.1, 0.15) is 23.9 Å². The summed E-state index contributed by atoms with van der Waals surface area (Å²) in [6.07, 6.45) is 1.90. The number of carbonyl (C=O) groups is 1. The van der Waals surface area contributed by atoms with Crippen molar-refractivity contribution in [3.8, 4) is 17.2 Å². The molecule has 1 N–H and O–H groups in total. The Hall–Kier alpha value is -4.30. The molecule has 4 aromatic rings. The second-order valence-electron chi connectivity index (χ2n) is 8.98. The molecule has 1 aliphatic rings. The maximum atomic E-state index is 13.1. The molecule has 2 heterocycles. The summed E-state index contributed by atoms with van der Waals surface area (Å²) in [7, 11) is 0. The van der Waals surface area contributed by atoms with Crippen molar-refractivity contribution in [3.05, 3.63) is 112 Å². The van der Waals surface area contributed by atoms with Gasteiger partial charge in [-0.05, 0) is 116 Å². The number of aryl methyl sites for hydroxylation is 1. The topological polar surface area (TPSA) is 64.8 Å². The molecule has 3 aromatic carbocycles. The van der Waals surface area contributed by atoms with E-state index in [1.165, 1.54) is 23.9 Å². The van der Waals surface area contributed by atoms with Crippen molar-refractivity contribution in [2.24, 2.45) is 4.99 Å². The summed E-state index contributed by atoms with van der Waals surface area (Å²) in [5, 5.41) is 3.40. The Bertz CT molecular complexity index is 1540. The molecule has 0 atom stereocenters. The fraction of sp³-hybridized carbons (Fsp3) is 0.161.